The molecule has 92 valence electrons. The number of hydrogen-bond donors (Lipinski definition) is 0. The Kier molecular flexibility index (Phi) is 2.25. The summed E-state index contributed by atoms with van der Waals surface area (Å²) in [6, 6.07) is 13.2. The molecule has 2 aromatic rings. The van der Waals surface area contributed by atoms with Gasteiger partial charge in [0.15, 0.2) is 0 Å². The number of rotatable bonds is 3. The van der Waals surface area contributed by atoms with Crippen LogP contribution < -0.4 is 0 Å². The predicted octanol–water partition coefficient (Wildman–Crippen LogP) is 4.25. The molecule has 0 amide bonds. The van der Waals surface area contributed by atoms with Crippen molar-refractivity contribution in [2.45, 2.75) is 38.4 Å². The average Bonchev–Trinajstić information content (AvgIpc) is 3.17. The largest absolute Gasteiger partial charge is 0.370 e. The van der Waals surface area contributed by atoms with Gasteiger partial charge in [-0.25, -0.2) is 0 Å². The number of benzene rings is 2. The van der Waals surface area contributed by atoms with Crippen molar-refractivity contribution >= 4 is 10.8 Å². The zero-order valence-electron chi connectivity index (χ0n) is 10.7. The molecule has 2 aliphatic carbocycles. The van der Waals surface area contributed by atoms with Gasteiger partial charge >= 0.3 is 0 Å². The van der Waals surface area contributed by atoms with Crippen molar-refractivity contribution in [3.63, 3.8) is 0 Å². The highest BCUT2D eigenvalue weighted by atomic mass is 16.5. The van der Waals surface area contributed by atoms with Crippen LogP contribution in [0.5, 0.6) is 0 Å². The van der Waals surface area contributed by atoms with Crippen LogP contribution in [-0.2, 0) is 11.2 Å². The highest BCUT2D eigenvalue weighted by Crippen LogP contribution is 2.42. The molecule has 0 aromatic heterocycles. The van der Waals surface area contributed by atoms with Crippen LogP contribution in [0.2, 0.25) is 0 Å². The Balaban J connectivity index is 1.72. The van der Waals surface area contributed by atoms with Gasteiger partial charge < -0.3 is 4.74 Å². The molecule has 0 N–H and O–H groups in total. The van der Waals surface area contributed by atoms with E-state index in [2.05, 4.69) is 43.3 Å². The van der Waals surface area contributed by atoms with E-state index in [9.17, 15) is 0 Å². The Morgan fingerprint density at radius 1 is 1.11 bits per heavy atom. The van der Waals surface area contributed by atoms with E-state index >= 15 is 0 Å². The summed E-state index contributed by atoms with van der Waals surface area (Å²) in [5, 5.41) is 2.79. The summed E-state index contributed by atoms with van der Waals surface area (Å²) in [7, 11) is 0. The molecule has 0 heterocycles. The summed E-state index contributed by atoms with van der Waals surface area (Å²) < 4.78 is 6.31. The summed E-state index contributed by atoms with van der Waals surface area (Å²) >= 11 is 0. The first-order valence-electron chi connectivity index (χ1n) is 6.99. The fourth-order valence-electron chi connectivity index (χ4n) is 3.26. The maximum Gasteiger partial charge on any atom is 0.0875 e. The van der Waals surface area contributed by atoms with Crippen molar-refractivity contribution in [2.24, 2.45) is 5.92 Å². The van der Waals surface area contributed by atoms with Gasteiger partial charge in [0.25, 0.3) is 0 Å². The van der Waals surface area contributed by atoms with Crippen LogP contribution in [0.1, 0.15) is 37.0 Å². The van der Waals surface area contributed by atoms with Crippen LogP contribution in [0.4, 0.5) is 0 Å². The fraction of sp³-hybridized carbons (Fsp3) is 0.412. The molecule has 0 spiro atoms. The third-order valence-electron chi connectivity index (χ3n) is 4.44. The summed E-state index contributed by atoms with van der Waals surface area (Å²) in [6.07, 6.45) is 4.45. The molecule has 2 aliphatic rings. The van der Waals surface area contributed by atoms with E-state index in [0.717, 1.165) is 12.3 Å². The van der Waals surface area contributed by atoms with Gasteiger partial charge in [0.05, 0.1) is 12.2 Å². The lowest BCUT2D eigenvalue weighted by atomic mass is 10.1. The maximum atomic E-state index is 6.31. The molecule has 0 radical (unpaired) electrons. The third kappa shape index (κ3) is 1.58. The minimum absolute atomic E-state index is 0.279. The van der Waals surface area contributed by atoms with Gasteiger partial charge in [0, 0.05) is 6.42 Å². The topological polar surface area (TPSA) is 9.23 Å². The Morgan fingerprint density at radius 3 is 2.67 bits per heavy atom. The second-order valence-corrected chi connectivity index (χ2v) is 5.73. The van der Waals surface area contributed by atoms with Crippen molar-refractivity contribution in [3.05, 3.63) is 47.5 Å². The first-order chi connectivity index (χ1) is 8.83. The lowest BCUT2D eigenvalue weighted by molar-refractivity contribution is -0.0114. The molecule has 0 saturated heterocycles. The Morgan fingerprint density at radius 2 is 1.89 bits per heavy atom. The Hall–Kier alpha value is -1.34. The van der Waals surface area contributed by atoms with E-state index in [0.29, 0.717) is 6.10 Å². The summed E-state index contributed by atoms with van der Waals surface area (Å²) in [5.74, 6) is 0.813. The second-order valence-electron chi connectivity index (χ2n) is 5.73. The average molecular weight is 238 g/mol. The molecule has 1 saturated carbocycles. The molecular formula is C17H18O. The van der Waals surface area contributed by atoms with Crippen LogP contribution in [-0.4, -0.2) is 6.10 Å². The molecule has 18 heavy (non-hydrogen) atoms. The smallest absolute Gasteiger partial charge is 0.0875 e. The molecule has 2 unspecified atom stereocenters. The van der Waals surface area contributed by atoms with E-state index in [1.807, 2.05) is 0 Å². The zero-order valence-corrected chi connectivity index (χ0v) is 10.7. The first-order valence-corrected chi connectivity index (χ1v) is 6.99. The first kappa shape index (κ1) is 10.6. The molecule has 0 aliphatic heterocycles. The second kappa shape index (κ2) is 3.83. The number of ether oxygens (including phenoxy) is 1. The Bertz CT molecular complexity index is 592. The van der Waals surface area contributed by atoms with Gasteiger partial charge in [-0.3, -0.25) is 0 Å². The van der Waals surface area contributed by atoms with E-state index in [-0.39, 0.29) is 6.10 Å². The molecule has 1 heteroatoms. The van der Waals surface area contributed by atoms with Crippen molar-refractivity contribution in [1.82, 2.24) is 0 Å². The Labute approximate surface area is 108 Å². The SMILES string of the molecule is CC(OC1Cc2cccc3cccc1c23)C1CC1. The van der Waals surface area contributed by atoms with E-state index in [4.69, 9.17) is 4.74 Å². The minimum Gasteiger partial charge on any atom is -0.370 e. The highest BCUT2D eigenvalue weighted by molar-refractivity contribution is 5.91. The number of hydrogen-bond acceptors (Lipinski definition) is 1. The minimum atomic E-state index is 0.279. The quantitative estimate of drug-likeness (QED) is 0.776. The van der Waals surface area contributed by atoms with Gasteiger partial charge in [-0.05, 0) is 47.6 Å². The summed E-state index contributed by atoms with van der Waals surface area (Å²) in [4.78, 5) is 0. The predicted molar refractivity (Wildman–Crippen MR) is 73.7 cm³/mol. The van der Waals surface area contributed by atoms with Crippen LogP contribution in [0.25, 0.3) is 10.8 Å². The van der Waals surface area contributed by atoms with Crippen molar-refractivity contribution in [2.75, 3.05) is 0 Å². The van der Waals surface area contributed by atoms with Crippen molar-refractivity contribution in [1.29, 1.82) is 0 Å². The standard InChI is InChI=1S/C17H18O/c1-11(12-8-9-12)18-16-10-14-6-2-4-13-5-3-7-15(16)17(13)14/h2-7,11-12,16H,8-10H2,1H3. The molecule has 0 bridgehead atoms. The molecule has 2 aromatic carbocycles. The van der Waals surface area contributed by atoms with E-state index in [1.54, 1.807) is 0 Å². The molecular weight excluding hydrogens is 220 g/mol. The van der Waals surface area contributed by atoms with Crippen LogP contribution >= 0.6 is 0 Å². The van der Waals surface area contributed by atoms with Crippen LogP contribution in [0, 0.1) is 5.92 Å². The van der Waals surface area contributed by atoms with Gasteiger partial charge in [0.2, 0.25) is 0 Å². The third-order valence-corrected chi connectivity index (χ3v) is 4.44. The zero-order chi connectivity index (χ0) is 12.1. The lowest BCUT2D eigenvalue weighted by Gasteiger charge is -2.19. The van der Waals surface area contributed by atoms with Gasteiger partial charge in [-0.2, -0.15) is 0 Å². The molecule has 1 fully saturated rings. The van der Waals surface area contributed by atoms with Crippen molar-refractivity contribution in [3.8, 4) is 0 Å². The van der Waals surface area contributed by atoms with Gasteiger partial charge in [0.1, 0.15) is 0 Å². The molecule has 4 rings (SSSR count). The van der Waals surface area contributed by atoms with E-state index < -0.39 is 0 Å². The van der Waals surface area contributed by atoms with Crippen LogP contribution in [0.15, 0.2) is 36.4 Å². The summed E-state index contributed by atoms with van der Waals surface area (Å²) in [6.45, 7) is 2.24. The lowest BCUT2D eigenvalue weighted by Crippen LogP contribution is -2.15. The monoisotopic (exact) mass is 238 g/mol. The molecule has 1 nitrogen and oxygen atoms in total. The fourth-order valence-corrected chi connectivity index (χ4v) is 3.26. The van der Waals surface area contributed by atoms with E-state index in [1.165, 1.54) is 34.7 Å². The normalized spacial score (nSPS) is 23.5. The maximum absolute atomic E-state index is 6.31. The van der Waals surface area contributed by atoms with Crippen LogP contribution in [0.3, 0.4) is 0 Å². The van der Waals surface area contributed by atoms with Crippen molar-refractivity contribution < 1.29 is 4.74 Å². The highest BCUT2D eigenvalue weighted by Gasteiger charge is 2.33. The van der Waals surface area contributed by atoms with Gasteiger partial charge in [-0.1, -0.05) is 36.4 Å². The summed E-state index contributed by atoms with van der Waals surface area (Å²) in [5.41, 5.74) is 2.85. The van der Waals surface area contributed by atoms with Gasteiger partial charge in [-0.15, -0.1) is 0 Å². The molecule has 2 atom stereocenters.